The Morgan fingerprint density at radius 3 is 2.67 bits per heavy atom. The maximum atomic E-state index is 5.97. The van der Waals surface area contributed by atoms with Gasteiger partial charge in [0.1, 0.15) is 5.82 Å². The Balaban J connectivity index is 2.18. The van der Waals surface area contributed by atoms with Crippen LogP contribution in [0.4, 0.5) is 5.82 Å². The molecule has 3 nitrogen and oxygen atoms in total. The van der Waals surface area contributed by atoms with Gasteiger partial charge in [0.25, 0.3) is 0 Å². The molecule has 18 heavy (non-hydrogen) atoms. The minimum Gasteiger partial charge on any atom is -0.383 e. The molecule has 0 aliphatic rings. The molecule has 90 valence electrons. The summed E-state index contributed by atoms with van der Waals surface area (Å²) in [6.45, 7) is 3.96. The number of anilines is 1. The highest BCUT2D eigenvalue weighted by molar-refractivity contribution is 7.18. The molecule has 0 unspecified atom stereocenters. The van der Waals surface area contributed by atoms with Crippen LogP contribution in [0, 0.1) is 13.8 Å². The van der Waals surface area contributed by atoms with Gasteiger partial charge >= 0.3 is 0 Å². The quantitative estimate of drug-likeness (QED) is 0.723. The smallest absolute Gasteiger partial charge is 0.131 e. The fourth-order valence-corrected chi connectivity index (χ4v) is 2.84. The molecule has 0 saturated carbocycles. The van der Waals surface area contributed by atoms with Gasteiger partial charge in [0.2, 0.25) is 0 Å². The fourth-order valence-electron chi connectivity index (χ4n) is 2.03. The Morgan fingerprint density at radius 1 is 1.06 bits per heavy atom. The van der Waals surface area contributed by atoms with Crippen molar-refractivity contribution in [3.8, 4) is 11.1 Å². The molecule has 1 aromatic carbocycles. The number of pyridine rings is 1. The lowest BCUT2D eigenvalue weighted by molar-refractivity contribution is 1.21. The molecule has 3 aromatic rings. The monoisotopic (exact) mass is 255 g/mol. The molecule has 0 aliphatic heterocycles. The van der Waals surface area contributed by atoms with E-state index in [1.165, 1.54) is 4.70 Å². The number of thiazole rings is 1. The van der Waals surface area contributed by atoms with Crippen LogP contribution in [0.25, 0.3) is 21.3 Å². The summed E-state index contributed by atoms with van der Waals surface area (Å²) in [6.07, 6.45) is 0. The molecule has 0 amide bonds. The molecule has 0 saturated heterocycles. The summed E-state index contributed by atoms with van der Waals surface area (Å²) in [5.74, 6) is 0.571. The Kier molecular flexibility index (Phi) is 2.52. The Labute approximate surface area is 109 Å². The number of nitrogen functional groups attached to an aromatic ring is 1. The molecule has 0 atom stereocenters. The Hall–Kier alpha value is -1.94. The summed E-state index contributed by atoms with van der Waals surface area (Å²) in [6, 6.07) is 10.2. The topological polar surface area (TPSA) is 51.8 Å². The summed E-state index contributed by atoms with van der Waals surface area (Å²) < 4.78 is 1.20. The molecule has 0 spiro atoms. The summed E-state index contributed by atoms with van der Waals surface area (Å²) in [7, 11) is 0. The standard InChI is InChI=1S/C14H13N3S/c1-8-3-5-11(14(15)16-8)10-4-6-13-12(7-10)17-9(2)18-13/h3-7H,1-2H3,(H2,15,16). The van der Waals surface area contributed by atoms with Crippen molar-refractivity contribution >= 4 is 27.4 Å². The molecule has 2 N–H and O–H groups in total. The first-order chi connectivity index (χ1) is 8.63. The van der Waals surface area contributed by atoms with Crippen LogP contribution in [-0.2, 0) is 0 Å². The summed E-state index contributed by atoms with van der Waals surface area (Å²) >= 11 is 1.70. The van der Waals surface area contributed by atoms with Gasteiger partial charge < -0.3 is 5.73 Å². The minimum atomic E-state index is 0.571. The Morgan fingerprint density at radius 2 is 1.89 bits per heavy atom. The van der Waals surface area contributed by atoms with Crippen LogP contribution in [0.15, 0.2) is 30.3 Å². The van der Waals surface area contributed by atoms with E-state index in [0.717, 1.165) is 27.3 Å². The zero-order valence-electron chi connectivity index (χ0n) is 10.3. The number of hydrogen-bond donors (Lipinski definition) is 1. The van der Waals surface area contributed by atoms with Crippen LogP contribution >= 0.6 is 11.3 Å². The second-order valence-corrected chi connectivity index (χ2v) is 5.54. The molecule has 3 rings (SSSR count). The highest BCUT2D eigenvalue weighted by atomic mass is 32.1. The van der Waals surface area contributed by atoms with Crippen LogP contribution in [0.5, 0.6) is 0 Å². The number of nitrogens with two attached hydrogens (primary N) is 1. The zero-order chi connectivity index (χ0) is 12.7. The molecule has 0 fully saturated rings. The van der Waals surface area contributed by atoms with Gasteiger partial charge in [-0.2, -0.15) is 0 Å². The number of benzene rings is 1. The van der Waals surface area contributed by atoms with Crippen LogP contribution in [0.2, 0.25) is 0 Å². The summed E-state index contributed by atoms with van der Waals surface area (Å²) in [4.78, 5) is 8.80. The van der Waals surface area contributed by atoms with Crippen LogP contribution in [-0.4, -0.2) is 9.97 Å². The number of nitrogens with zero attached hydrogens (tertiary/aromatic N) is 2. The van der Waals surface area contributed by atoms with Crippen LogP contribution < -0.4 is 5.73 Å². The first kappa shape index (κ1) is 11.2. The Bertz CT molecular complexity index is 731. The molecule has 2 heterocycles. The van der Waals surface area contributed by atoms with Gasteiger partial charge in [-0.25, -0.2) is 9.97 Å². The zero-order valence-corrected chi connectivity index (χ0v) is 11.1. The van der Waals surface area contributed by atoms with E-state index in [0.29, 0.717) is 5.82 Å². The molecular weight excluding hydrogens is 242 g/mol. The van der Waals surface area contributed by atoms with Crippen LogP contribution in [0.1, 0.15) is 10.7 Å². The third-order valence-corrected chi connectivity index (χ3v) is 3.82. The summed E-state index contributed by atoms with van der Waals surface area (Å²) in [5.41, 5.74) is 9.96. The number of aryl methyl sites for hydroxylation is 2. The van der Waals surface area contributed by atoms with E-state index in [-0.39, 0.29) is 0 Å². The molecular formula is C14H13N3S. The minimum absolute atomic E-state index is 0.571. The number of hydrogen-bond acceptors (Lipinski definition) is 4. The number of aromatic nitrogens is 2. The lowest BCUT2D eigenvalue weighted by atomic mass is 10.1. The molecule has 2 aromatic heterocycles. The van der Waals surface area contributed by atoms with E-state index in [1.807, 2.05) is 26.0 Å². The van der Waals surface area contributed by atoms with Gasteiger partial charge in [0, 0.05) is 11.3 Å². The maximum Gasteiger partial charge on any atom is 0.131 e. The van der Waals surface area contributed by atoms with Crippen molar-refractivity contribution in [3.63, 3.8) is 0 Å². The fraction of sp³-hybridized carbons (Fsp3) is 0.143. The van der Waals surface area contributed by atoms with E-state index in [4.69, 9.17) is 5.73 Å². The van der Waals surface area contributed by atoms with Crippen LogP contribution in [0.3, 0.4) is 0 Å². The molecule has 4 heteroatoms. The summed E-state index contributed by atoms with van der Waals surface area (Å²) in [5, 5.41) is 1.08. The predicted molar refractivity (Wildman–Crippen MR) is 76.7 cm³/mol. The third-order valence-electron chi connectivity index (χ3n) is 2.87. The highest BCUT2D eigenvalue weighted by Crippen LogP contribution is 2.29. The van der Waals surface area contributed by atoms with Gasteiger partial charge in [-0.15, -0.1) is 11.3 Å². The SMILES string of the molecule is Cc1ccc(-c2ccc3sc(C)nc3c2)c(N)n1. The van der Waals surface area contributed by atoms with Crippen molar-refractivity contribution in [2.75, 3.05) is 5.73 Å². The van der Waals surface area contributed by atoms with Gasteiger partial charge in [-0.1, -0.05) is 6.07 Å². The number of rotatable bonds is 1. The van der Waals surface area contributed by atoms with E-state index in [1.54, 1.807) is 11.3 Å². The van der Waals surface area contributed by atoms with Gasteiger partial charge in [0.15, 0.2) is 0 Å². The normalized spacial score (nSPS) is 11.0. The lowest BCUT2D eigenvalue weighted by Crippen LogP contribution is -1.95. The average molecular weight is 255 g/mol. The molecule has 0 aliphatic carbocycles. The van der Waals surface area contributed by atoms with Gasteiger partial charge in [0.05, 0.1) is 15.2 Å². The van der Waals surface area contributed by atoms with Gasteiger partial charge in [-0.3, -0.25) is 0 Å². The lowest BCUT2D eigenvalue weighted by Gasteiger charge is -2.05. The van der Waals surface area contributed by atoms with Crippen molar-refractivity contribution in [1.82, 2.24) is 9.97 Å². The van der Waals surface area contributed by atoms with Crippen molar-refractivity contribution in [2.24, 2.45) is 0 Å². The van der Waals surface area contributed by atoms with E-state index in [9.17, 15) is 0 Å². The second-order valence-electron chi connectivity index (χ2n) is 4.30. The first-order valence-electron chi connectivity index (χ1n) is 5.74. The molecule has 0 bridgehead atoms. The van der Waals surface area contributed by atoms with Crippen molar-refractivity contribution in [2.45, 2.75) is 13.8 Å². The van der Waals surface area contributed by atoms with E-state index < -0.39 is 0 Å². The maximum absolute atomic E-state index is 5.97. The third kappa shape index (κ3) is 1.84. The second kappa shape index (κ2) is 4.07. The largest absolute Gasteiger partial charge is 0.383 e. The van der Waals surface area contributed by atoms with Crippen molar-refractivity contribution in [1.29, 1.82) is 0 Å². The van der Waals surface area contributed by atoms with Crippen molar-refractivity contribution in [3.05, 3.63) is 41.0 Å². The first-order valence-corrected chi connectivity index (χ1v) is 6.56. The molecule has 0 radical (unpaired) electrons. The van der Waals surface area contributed by atoms with E-state index in [2.05, 4.69) is 28.2 Å². The predicted octanol–water partition coefficient (Wildman–Crippen LogP) is 3.56. The van der Waals surface area contributed by atoms with Crippen molar-refractivity contribution < 1.29 is 0 Å². The average Bonchev–Trinajstić information content (AvgIpc) is 2.68. The van der Waals surface area contributed by atoms with E-state index >= 15 is 0 Å². The highest BCUT2D eigenvalue weighted by Gasteiger charge is 2.07. The number of fused-ring (bicyclic) bond motifs is 1. The van der Waals surface area contributed by atoms with Gasteiger partial charge in [-0.05, 0) is 43.7 Å².